The number of nitrogens with one attached hydrogen (secondary N) is 4. The Morgan fingerprint density at radius 1 is 1.08 bits per heavy atom. The van der Waals surface area contributed by atoms with E-state index in [1.165, 1.54) is 0 Å². The number of rotatable bonds is 8. The molecule has 4 N–H and O–H groups in total. The highest BCUT2D eigenvalue weighted by Gasteiger charge is 2.24. The van der Waals surface area contributed by atoms with Crippen molar-refractivity contribution in [3.8, 4) is 0 Å². The zero-order valence-corrected chi connectivity index (χ0v) is 19.9. The Morgan fingerprint density at radius 3 is 2.12 bits per heavy atom. The second-order valence-corrected chi connectivity index (χ2v) is 9.22. The number of guanidine groups is 1. The van der Waals surface area contributed by atoms with E-state index in [0.717, 1.165) is 6.26 Å². The predicted octanol–water partition coefficient (Wildman–Crippen LogP) is 1.01. The molecule has 0 radical (unpaired) electrons. The third kappa shape index (κ3) is 16.6. The maximum Gasteiger partial charge on any atom is 0.408 e. The van der Waals surface area contributed by atoms with Crippen LogP contribution in [-0.4, -0.2) is 64.5 Å². The van der Waals surface area contributed by atoms with Gasteiger partial charge in [-0.05, 0) is 41.0 Å². The molecule has 0 atom stereocenters. The molecule has 1 amide bonds. The fraction of sp³-hybridized carbons (Fsp3) is 0.867. The average Bonchev–Trinajstić information content (AvgIpc) is 2.37. The Hall–Kier alpha value is -0.820. The molecule has 0 spiro atoms. The molecule has 0 aliphatic heterocycles. The Bertz CT molecular complexity index is 559. The Morgan fingerprint density at radius 2 is 1.65 bits per heavy atom. The van der Waals surface area contributed by atoms with E-state index < -0.39 is 27.3 Å². The first-order valence-corrected chi connectivity index (χ1v) is 10.0. The normalized spacial score (nSPS) is 12.8. The molecule has 0 aromatic heterocycles. The van der Waals surface area contributed by atoms with Crippen LogP contribution >= 0.6 is 24.0 Å². The number of aliphatic imine (C=N–C) groups is 1. The van der Waals surface area contributed by atoms with E-state index in [4.69, 9.17) is 4.74 Å². The van der Waals surface area contributed by atoms with Crippen molar-refractivity contribution in [2.45, 2.75) is 52.2 Å². The molecule has 0 fully saturated rings. The molecular weight excluding hydrogens is 473 g/mol. The van der Waals surface area contributed by atoms with Crippen LogP contribution in [-0.2, 0) is 14.8 Å². The number of hydrogen-bond donors (Lipinski definition) is 4. The van der Waals surface area contributed by atoms with Crippen LogP contribution in [0, 0.1) is 0 Å². The number of carbonyl (C=O) groups excluding carboxylic acids is 1. The molecule has 0 aromatic carbocycles. The van der Waals surface area contributed by atoms with E-state index in [1.54, 1.807) is 7.05 Å². The Kier molecular flexibility index (Phi) is 12.4. The summed E-state index contributed by atoms with van der Waals surface area (Å²) in [5, 5.41) is 9.00. The minimum Gasteiger partial charge on any atom is -0.444 e. The molecule has 0 unspecified atom stereocenters. The van der Waals surface area contributed by atoms with E-state index in [2.05, 4.69) is 25.7 Å². The van der Waals surface area contributed by atoms with Crippen molar-refractivity contribution in [3.63, 3.8) is 0 Å². The van der Waals surface area contributed by atoms with E-state index in [-0.39, 0.29) is 24.0 Å². The standard InChI is InChI=1S/C15H33N5O4S.HI/c1-14(2,3)24-13(21)20-15(4,5)11-18-12(16-6)17-9-8-10-19-25(7,22)23;/h19H,8-11H2,1-7H3,(H,20,21)(H2,16,17,18);1H. The van der Waals surface area contributed by atoms with Crippen molar-refractivity contribution in [1.29, 1.82) is 0 Å². The molecule has 0 aromatic rings. The summed E-state index contributed by atoms with van der Waals surface area (Å²) >= 11 is 0. The fourth-order valence-corrected chi connectivity index (χ4v) is 2.22. The van der Waals surface area contributed by atoms with Crippen molar-refractivity contribution in [3.05, 3.63) is 0 Å². The molecule has 26 heavy (non-hydrogen) atoms. The predicted molar refractivity (Wildman–Crippen MR) is 116 cm³/mol. The van der Waals surface area contributed by atoms with Gasteiger partial charge in [-0.1, -0.05) is 0 Å². The van der Waals surface area contributed by atoms with Gasteiger partial charge < -0.3 is 20.7 Å². The summed E-state index contributed by atoms with van der Waals surface area (Å²) in [6.07, 6.45) is 1.27. The van der Waals surface area contributed by atoms with Crippen LogP contribution in [0.2, 0.25) is 0 Å². The van der Waals surface area contributed by atoms with Gasteiger partial charge in [-0.25, -0.2) is 17.9 Å². The van der Waals surface area contributed by atoms with E-state index in [9.17, 15) is 13.2 Å². The number of alkyl carbamates (subject to hydrolysis) is 1. The molecule has 156 valence electrons. The van der Waals surface area contributed by atoms with E-state index in [1.807, 2.05) is 34.6 Å². The summed E-state index contributed by atoms with van der Waals surface area (Å²) in [4.78, 5) is 15.9. The smallest absolute Gasteiger partial charge is 0.408 e. The lowest BCUT2D eigenvalue weighted by Gasteiger charge is -2.29. The van der Waals surface area contributed by atoms with Crippen LogP contribution in [0.4, 0.5) is 4.79 Å². The van der Waals surface area contributed by atoms with Crippen molar-refractivity contribution >= 4 is 46.1 Å². The molecule has 0 heterocycles. The quantitative estimate of drug-likeness (QED) is 0.169. The maximum atomic E-state index is 11.9. The first-order valence-electron chi connectivity index (χ1n) is 8.14. The van der Waals surface area contributed by atoms with Gasteiger partial charge in [-0.3, -0.25) is 4.99 Å². The summed E-state index contributed by atoms with van der Waals surface area (Å²) in [6, 6.07) is 0. The summed E-state index contributed by atoms with van der Waals surface area (Å²) in [6.45, 7) is 10.5. The summed E-state index contributed by atoms with van der Waals surface area (Å²) in [7, 11) is -1.52. The van der Waals surface area contributed by atoms with Gasteiger partial charge in [-0.15, -0.1) is 24.0 Å². The lowest BCUT2D eigenvalue weighted by Crippen LogP contribution is -2.54. The van der Waals surface area contributed by atoms with Crippen molar-refractivity contribution in [1.82, 2.24) is 20.7 Å². The second-order valence-electron chi connectivity index (χ2n) is 7.38. The van der Waals surface area contributed by atoms with Gasteiger partial charge >= 0.3 is 6.09 Å². The van der Waals surface area contributed by atoms with Crippen LogP contribution in [0.5, 0.6) is 0 Å². The fourth-order valence-electron chi connectivity index (χ4n) is 1.70. The minimum absolute atomic E-state index is 0. The number of halogens is 1. The third-order valence-corrected chi connectivity index (χ3v) is 3.50. The van der Waals surface area contributed by atoms with E-state index >= 15 is 0 Å². The van der Waals surface area contributed by atoms with Crippen LogP contribution in [0.15, 0.2) is 4.99 Å². The van der Waals surface area contributed by atoms with E-state index in [0.29, 0.717) is 32.0 Å². The summed E-state index contributed by atoms with van der Waals surface area (Å²) in [5.74, 6) is 0.568. The average molecular weight is 507 g/mol. The van der Waals surface area contributed by atoms with Gasteiger partial charge in [0.05, 0.1) is 11.8 Å². The lowest BCUT2D eigenvalue weighted by atomic mass is 10.1. The molecule has 0 bridgehead atoms. The largest absolute Gasteiger partial charge is 0.444 e. The van der Waals surface area contributed by atoms with Gasteiger partial charge in [0.25, 0.3) is 0 Å². The molecule has 9 nitrogen and oxygen atoms in total. The number of nitrogens with zero attached hydrogens (tertiary/aromatic N) is 1. The highest BCUT2D eigenvalue weighted by atomic mass is 127. The molecular formula is C15H34IN5O4S. The molecule has 0 saturated carbocycles. The molecule has 0 rings (SSSR count). The summed E-state index contributed by atoms with van der Waals surface area (Å²) in [5.41, 5.74) is -1.09. The molecule has 0 aliphatic rings. The van der Waals surface area contributed by atoms with Crippen LogP contribution < -0.4 is 20.7 Å². The Balaban J connectivity index is 0. The monoisotopic (exact) mass is 507 g/mol. The third-order valence-electron chi connectivity index (χ3n) is 2.77. The molecule has 11 heteroatoms. The van der Waals surface area contributed by atoms with Crippen LogP contribution in [0.1, 0.15) is 41.0 Å². The van der Waals surface area contributed by atoms with Gasteiger partial charge in [0.1, 0.15) is 5.60 Å². The number of hydrogen-bond acceptors (Lipinski definition) is 5. The molecule has 0 aliphatic carbocycles. The van der Waals surface area contributed by atoms with Crippen LogP contribution in [0.3, 0.4) is 0 Å². The number of carbonyl (C=O) groups is 1. The summed E-state index contributed by atoms with van der Waals surface area (Å²) < 4.78 is 29.6. The number of sulfonamides is 1. The Labute approximate surface area is 174 Å². The number of amides is 1. The van der Waals surface area contributed by atoms with Crippen molar-refractivity contribution in [2.24, 2.45) is 4.99 Å². The first kappa shape index (κ1) is 27.4. The maximum absolute atomic E-state index is 11.9. The van der Waals surface area contributed by atoms with Crippen LogP contribution in [0.25, 0.3) is 0 Å². The number of ether oxygens (including phenoxy) is 1. The molecule has 0 saturated heterocycles. The lowest BCUT2D eigenvalue weighted by molar-refractivity contribution is 0.0474. The first-order chi connectivity index (χ1) is 11.2. The highest BCUT2D eigenvalue weighted by molar-refractivity contribution is 14.0. The SMILES string of the molecule is CN=C(NCCCNS(C)(=O)=O)NCC(C)(C)NC(=O)OC(C)(C)C.I. The highest BCUT2D eigenvalue weighted by Crippen LogP contribution is 2.09. The van der Waals surface area contributed by atoms with Crippen molar-refractivity contribution in [2.75, 3.05) is 32.9 Å². The zero-order valence-electron chi connectivity index (χ0n) is 16.7. The van der Waals surface area contributed by atoms with Gasteiger partial charge in [0.15, 0.2) is 5.96 Å². The van der Waals surface area contributed by atoms with Gasteiger partial charge in [0, 0.05) is 26.7 Å². The topological polar surface area (TPSA) is 121 Å². The van der Waals surface area contributed by atoms with Crippen molar-refractivity contribution < 1.29 is 17.9 Å². The zero-order chi connectivity index (χ0) is 19.7. The second kappa shape index (κ2) is 11.8. The van der Waals surface area contributed by atoms with Gasteiger partial charge in [0.2, 0.25) is 10.0 Å². The van der Waals surface area contributed by atoms with Gasteiger partial charge in [-0.2, -0.15) is 0 Å². The minimum atomic E-state index is -3.16.